The van der Waals surface area contributed by atoms with Gasteiger partial charge in [-0.2, -0.15) is 0 Å². The molecular formula is C35H27F6NO3Se2. The Morgan fingerprint density at radius 1 is 0.830 bits per heavy atom. The van der Waals surface area contributed by atoms with Crippen LogP contribution in [0.25, 0.3) is 21.3 Å². The third kappa shape index (κ3) is 8.76. The van der Waals surface area contributed by atoms with Gasteiger partial charge in [0.15, 0.2) is 0 Å². The van der Waals surface area contributed by atoms with E-state index in [1.807, 2.05) is 38.1 Å². The van der Waals surface area contributed by atoms with Crippen molar-refractivity contribution in [2.75, 3.05) is 6.61 Å². The van der Waals surface area contributed by atoms with Crippen LogP contribution in [-0.4, -0.2) is 52.1 Å². The molecule has 4 nitrogen and oxygen atoms in total. The van der Waals surface area contributed by atoms with Crippen LogP contribution in [0.5, 0.6) is 5.75 Å². The van der Waals surface area contributed by atoms with Crippen LogP contribution in [-0.2, 0) is 23.6 Å². The molecule has 0 fully saturated rings. The summed E-state index contributed by atoms with van der Waals surface area (Å²) in [6.45, 7) is 3.29. The van der Waals surface area contributed by atoms with E-state index < -0.39 is 36.1 Å². The number of halogens is 6. The first-order chi connectivity index (χ1) is 22.2. The number of aliphatic carboxylic acids is 1. The summed E-state index contributed by atoms with van der Waals surface area (Å²) in [5.74, 6) is -0.603. The molecule has 1 unspecified atom stereocenters. The third-order valence-corrected chi connectivity index (χ3v) is 13.3. The van der Waals surface area contributed by atoms with Gasteiger partial charge in [0.25, 0.3) is 0 Å². The summed E-state index contributed by atoms with van der Waals surface area (Å²) in [6, 6.07) is 23.3. The number of aromatic nitrogens is 1. The van der Waals surface area contributed by atoms with Crippen LogP contribution < -0.4 is 9.20 Å². The van der Waals surface area contributed by atoms with Crippen molar-refractivity contribution in [3.8, 4) is 27.0 Å². The Bertz CT molecular complexity index is 1870. The predicted octanol–water partition coefficient (Wildman–Crippen LogP) is 7.90. The average molecular weight is 782 g/mol. The van der Waals surface area contributed by atoms with E-state index in [0.29, 0.717) is 28.9 Å². The zero-order chi connectivity index (χ0) is 33.9. The Labute approximate surface area is 279 Å². The van der Waals surface area contributed by atoms with Crippen LogP contribution in [0.4, 0.5) is 26.3 Å². The minimum absolute atomic E-state index is 0.0165. The normalized spacial score (nSPS) is 12.6. The molecule has 0 radical (unpaired) electrons. The molecule has 12 heteroatoms. The molecule has 1 aromatic heterocycles. The Hall–Kier alpha value is -3.82. The van der Waals surface area contributed by atoms with Gasteiger partial charge in [0.2, 0.25) is 0 Å². The van der Waals surface area contributed by atoms with Crippen LogP contribution in [0.2, 0.25) is 0 Å². The van der Waals surface area contributed by atoms with Crippen molar-refractivity contribution in [3.63, 3.8) is 0 Å². The number of aryl methyl sites for hydroxylation is 2. The van der Waals surface area contributed by atoms with Crippen molar-refractivity contribution >= 4 is 39.9 Å². The first-order valence-corrected chi connectivity index (χ1v) is 17.8. The summed E-state index contributed by atoms with van der Waals surface area (Å²) in [6.07, 6.45) is -8.26. The second-order valence-electron chi connectivity index (χ2n) is 10.7. The van der Waals surface area contributed by atoms with Gasteiger partial charge in [-0.3, -0.25) is 0 Å². The molecule has 0 aliphatic heterocycles. The predicted molar refractivity (Wildman–Crippen MR) is 169 cm³/mol. The topological polar surface area (TPSA) is 59.4 Å². The minimum atomic E-state index is -4.44. The number of rotatable bonds is 10. The fourth-order valence-corrected chi connectivity index (χ4v) is 10.8. The van der Waals surface area contributed by atoms with E-state index in [1.54, 1.807) is 24.3 Å². The van der Waals surface area contributed by atoms with Crippen molar-refractivity contribution in [1.82, 2.24) is 4.98 Å². The maximum atomic E-state index is 13.3. The first kappa shape index (κ1) is 34.5. The SMILES string of the molecule is Cc1cc([Se]C(Cc2ccc(-c3cccc(C(F)(F)F)c3)cc2)c2[se]c(-c3ccc(C(F)(F)F)cc3)nc2C)ccc1OCC(=O)O. The summed E-state index contributed by atoms with van der Waals surface area (Å²) in [5, 5.41) is 8.97. The van der Waals surface area contributed by atoms with Crippen LogP contribution in [0.15, 0.2) is 91.0 Å². The Balaban J connectivity index is 1.45. The number of nitrogens with zero attached hydrogens (tertiary/aromatic N) is 1. The molecule has 5 aromatic rings. The van der Waals surface area contributed by atoms with Gasteiger partial charge in [0.1, 0.15) is 0 Å². The van der Waals surface area contributed by atoms with Gasteiger partial charge in [-0.15, -0.1) is 0 Å². The van der Waals surface area contributed by atoms with Crippen molar-refractivity contribution in [1.29, 1.82) is 0 Å². The van der Waals surface area contributed by atoms with Crippen LogP contribution in [0, 0.1) is 13.8 Å². The van der Waals surface area contributed by atoms with Crippen molar-refractivity contribution in [2.45, 2.75) is 37.4 Å². The quantitative estimate of drug-likeness (QED) is 0.116. The van der Waals surface area contributed by atoms with Crippen LogP contribution in [0.1, 0.15) is 37.2 Å². The summed E-state index contributed by atoms with van der Waals surface area (Å²) >= 11 is -0.396. The number of carbonyl (C=O) groups is 1. The average Bonchev–Trinajstić information content (AvgIpc) is 3.41. The van der Waals surface area contributed by atoms with Crippen molar-refractivity contribution < 1.29 is 41.0 Å². The molecule has 244 valence electrons. The van der Waals surface area contributed by atoms with E-state index in [9.17, 15) is 31.1 Å². The van der Waals surface area contributed by atoms with E-state index in [0.717, 1.165) is 54.6 Å². The fraction of sp³-hybridized carbons (Fsp3) is 0.200. The molecule has 0 amide bonds. The van der Waals surface area contributed by atoms with Gasteiger partial charge >= 0.3 is 280 Å². The number of carboxylic acid groups (broad SMARTS) is 1. The molecule has 1 N–H and O–H groups in total. The van der Waals surface area contributed by atoms with Crippen molar-refractivity contribution in [2.24, 2.45) is 0 Å². The molecule has 1 heterocycles. The van der Waals surface area contributed by atoms with Gasteiger partial charge in [-0.05, 0) is 0 Å². The van der Waals surface area contributed by atoms with Gasteiger partial charge in [-0.1, -0.05) is 0 Å². The molecule has 5 rings (SSSR count). The number of ether oxygens (including phenoxy) is 1. The van der Waals surface area contributed by atoms with E-state index in [-0.39, 0.29) is 34.3 Å². The molecule has 4 aromatic carbocycles. The summed E-state index contributed by atoms with van der Waals surface area (Å²) in [4.78, 5) is 15.8. The zero-order valence-corrected chi connectivity index (χ0v) is 28.4. The monoisotopic (exact) mass is 783 g/mol. The van der Waals surface area contributed by atoms with Gasteiger partial charge in [-0.25, -0.2) is 0 Å². The summed E-state index contributed by atoms with van der Waals surface area (Å²) < 4.78 is 87.6. The van der Waals surface area contributed by atoms with Crippen LogP contribution >= 0.6 is 0 Å². The van der Waals surface area contributed by atoms with E-state index >= 15 is 0 Å². The Morgan fingerprint density at radius 3 is 2.11 bits per heavy atom. The van der Waals surface area contributed by atoms with Gasteiger partial charge < -0.3 is 0 Å². The molecule has 0 bridgehead atoms. The number of hydrogen-bond donors (Lipinski definition) is 1. The van der Waals surface area contributed by atoms with Crippen LogP contribution in [0.3, 0.4) is 0 Å². The number of benzene rings is 4. The summed E-state index contributed by atoms with van der Waals surface area (Å²) in [5.41, 5.74) is 2.90. The first-order valence-electron chi connectivity index (χ1n) is 14.2. The number of carboxylic acids is 1. The number of alkyl halides is 6. The maximum absolute atomic E-state index is 13.3. The van der Waals surface area contributed by atoms with Gasteiger partial charge in [0, 0.05) is 0 Å². The summed E-state index contributed by atoms with van der Waals surface area (Å²) in [7, 11) is 0. The van der Waals surface area contributed by atoms with Gasteiger partial charge in [0.05, 0.1) is 0 Å². The zero-order valence-electron chi connectivity index (χ0n) is 24.9. The standard InChI is InChI=1S/C35H27F6NO3Se2/c1-20-16-28(14-15-29(20)45-19-31(43)44)46-30(32-21(2)42-33(47-32)24-10-12-26(13-11-24)34(36,37)38)17-22-6-8-23(9-7-22)25-4-3-5-27(18-25)35(39,40)41/h3-16,18,30H,17,19H2,1-2H3,(H,43,44). The second kappa shape index (κ2) is 14.1. The van der Waals surface area contributed by atoms with E-state index in [2.05, 4.69) is 0 Å². The van der Waals surface area contributed by atoms with E-state index in [1.165, 1.54) is 18.2 Å². The molecule has 0 aliphatic rings. The molecule has 1 atom stereocenters. The second-order valence-corrected chi connectivity index (χ2v) is 15.6. The number of hydrogen-bond acceptors (Lipinski definition) is 3. The molecule has 0 saturated carbocycles. The van der Waals surface area contributed by atoms with E-state index in [4.69, 9.17) is 14.8 Å². The Morgan fingerprint density at radius 2 is 1.49 bits per heavy atom. The molecular weight excluding hydrogens is 754 g/mol. The molecule has 0 aliphatic carbocycles. The molecule has 0 spiro atoms. The third-order valence-electron chi connectivity index (χ3n) is 7.26. The van der Waals surface area contributed by atoms with Crippen molar-refractivity contribution in [3.05, 3.63) is 123 Å². The molecule has 47 heavy (non-hydrogen) atoms. The fourth-order valence-electron chi connectivity index (χ4n) is 4.90. The molecule has 0 saturated heterocycles. The Kier molecular flexibility index (Phi) is 10.4.